The number of aryl methyl sites for hydroxylation is 2. The molecule has 27 heavy (non-hydrogen) atoms. The van der Waals surface area contributed by atoms with Crippen molar-refractivity contribution >= 4 is 16.5 Å². The van der Waals surface area contributed by atoms with Crippen LogP contribution in [0.1, 0.15) is 23.4 Å². The first-order chi connectivity index (χ1) is 13.3. The predicted octanol–water partition coefficient (Wildman–Crippen LogP) is 2.78. The van der Waals surface area contributed by atoms with Gasteiger partial charge in [-0.05, 0) is 43.9 Å². The van der Waals surface area contributed by atoms with E-state index in [1.807, 2.05) is 23.5 Å². The molecule has 1 fully saturated rings. The van der Waals surface area contributed by atoms with E-state index in [2.05, 4.69) is 15.0 Å². The molecule has 2 aliphatic rings. The number of nitrogens with zero attached hydrogens (tertiary/aromatic N) is 5. The molecule has 0 bridgehead atoms. The summed E-state index contributed by atoms with van der Waals surface area (Å²) in [6, 6.07) is 7.20. The maximum atomic E-state index is 12.2. The zero-order valence-electron chi connectivity index (χ0n) is 15.0. The average molecular weight is 379 g/mol. The van der Waals surface area contributed by atoms with E-state index in [-0.39, 0.29) is 5.56 Å². The molecule has 1 saturated heterocycles. The zero-order chi connectivity index (χ0) is 18.2. The lowest BCUT2D eigenvalue weighted by molar-refractivity contribution is 0.335. The SMILES string of the molecule is O=c1ccc(-c2ccncc2)nn1CC1CN(c2nc3c(s2)CCCC3)C1. The van der Waals surface area contributed by atoms with Crippen LogP contribution in [0, 0.1) is 5.92 Å². The largest absolute Gasteiger partial charge is 0.347 e. The molecular weight excluding hydrogens is 358 g/mol. The summed E-state index contributed by atoms with van der Waals surface area (Å²) in [4.78, 5) is 24.9. The number of anilines is 1. The summed E-state index contributed by atoms with van der Waals surface area (Å²) in [7, 11) is 0. The molecule has 0 amide bonds. The number of aromatic nitrogens is 4. The minimum Gasteiger partial charge on any atom is -0.347 e. The van der Waals surface area contributed by atoms with Crippen LogP contribution in [-0.4, -0.2) is 32.8 Å². The fourth-order valence-corrected chi connectivity index (χ4v) is 4.98. The van der Waals surface area contributed by atoms with Crippen LogP contribution in [0.25, 0.3) is 11.3 Å². The van der Waals surface area contributed by atoms with E-state index in [0.29, 0.717) is 12.5 Å². The first kappa shape index (κ1) is 16.6. The molecule has 3 aromatic rings. The third-order valence-corrected chi connectivity index (χ3v) is 6.55. The molecule has 0 radical (unpaired) electrons. The Morgan fingerprint density at radius 2 is 1.89 bits per heavy atom. The molecule has 1 aliphatic heterocycles. The fourth-order valence-electron chi connectivity index (χ4n) is 3.82. The van der Waals surface area contributed by atoms with Gasteiger partial charge in [-0.1, -0.05) is 0 Å². The molecule has 1 aliphatic carbocycles. The van der Waals surface area contributed by atoms with Crippen LogP contribution in [-0.2, 0) is 19.4 Å². The summed E-state index contributed by atoms with van der Waals surface area (Å²) >= 11 is 1.86. The Labute approximate surface area is 161 Å². The lowest BCUT2D eigenvalue weighted by Crippen LogP contribution is -2.49. The highest BCUT2D eigenvalue weighted by molar-refractivity contribution is 7.15. The minimum absolute atomic E-state index is 0.0454. The molecule has 3 aromatic heterocycles. The number of rotatable bonds is 4. The van der Waals surface area contributed by atoms with Crippen LogP contribution in [0.5, 0.6) is 0 Å². The molecule has 138 valence electrons. The topological polar surface area (TPSA) is 63.9 Å². The highest BCUT2D eigenvalue weighted by Gasteiger charge is 2.31. The molecule has 0 saturated carbocycles. The molecule has 5 rings (SSSR count). The van der Waals surface area contributed by atoms with Gasteiger partial charge in [0, 0.05) is 47.9 Å². The first-order valence-corrected chi connectivity index (χ1v) is 10.3. The monoisotopic (exact) mass is 379 g/mol. The molecule has 4 heterocycles. The molecule has 0 spiro atoms. The highest BCUT2D eigenvalue weighted by atomic mass is 32.1. The maximum Gasteiger partial charge on any atom is 0.266 e. The second kappa shape index (κ2) is 6.88. The van der Waals surface area contributed by atoms with Crippen LogP contribution >= 0.6 is 11.3 Å². The van der Waals surface area contributed by atoms with Crippen molar-refractivity contribution in [2.24, 2.45) is 5.92 Å². The average Bonchev–Trinajstić information content (AvgIpc) is 3.10. The van der Waals surface area contributed by atoms with E-state index in [0.717, 1.165) is 35.9 Å². The quantitative estimate of drug-likeness (QED) is 0.697. The summed E-state index contributed by atoms with van der Waals surface area (Å²) < 4.78 is 1.60. The molecule has 0 atom stereocenters. The smallest absolute Gasteiger partial charge is 0.266 e. The van der Waals surface area contributed by atoms with E-state index < -0.39 is 0 Å². The summed E-state index contributed by atoms with van der Waals surface area (Å²) in [6.07, 6.45) is 8.35. The predicted molar refractivity (Wildman–Crippen MR) is 106 cm³/mol. The number of hydrogen-bond donors (Lipinski definition) is 0. The van der Waals surface area contributed by atoms with Gasteiger partial charge in [0.1, 0.15) is 0 Å². The fraction of sp³-hybridized carbons (Fsp3) is 0.400. The second-order valence-corrected chi connectivity index (χ2v) is 8.38. The van der Waals surface area contributed by atoms with Crippen LogP contribution in [0.3, 0.4) is 0 Å². The van der Waals surface area contributed by atoms with Crippen molar-refractivity contribution < 1.29 is 0 Å². The van der Waals surface area contributed by atoms with Crippen LogP contribution in [0.2, 0.25) is 0 Å². The van der Waals surface area contributed by atoms with E-state index in [9.17, 15) is 4.79 Å². The number of pyridine rings is 1. The Morgan fingerprint density at radius 1 is 1.07 bits per heavy atom. The Bertz CT molecular complexity index is 983. The molecule has 6 nitrogen and oxygen atoms in total. The van der Waals surface area contributed by atoms with Gasteiger partial charge in [-0.25, -0.2) is 9.67 Å². The second-order valence-electron chi connectivity index (χ2n) is 7.32. The van der Waals surface area contributed by atoms with Crippen molar-refractivity contribution in [3.8, 4) is 11.3 Å². The number of hydrogen-bond acceptors (Lipinski definition) is 6. The third-order valence-electron chi connectivity index (χ3n) is 5.34. The van der Waals surface area contributed by atoms with Crippen molar-refractivity contribution in [1.29, 1.82) is 0 Å². The van der Waals surface area contributed by atoms with Gasteiger partial charge in [0.25, 0.3) is 5.56 Å². The van der Waals surface area contributed by atoms with Crippen molar-refractivity contribution in [3.05, 3.63) is 57.6 Å². The highest BCUT2D eigenvalue weighted by Crippen LogP contribution is 2.35. The van der Waals surface area contributed by atoms with E-state index >= 15 is 0 Å². The summed E-state index contributed by atoms with van der Waals surface area (Å²) in [6.45, 7) is 2.54. The molecule has 7 heteroatoms. The van der Waals surface area contributed by atoms with Gasteiger partial charge in [0.2, 0.25) is 0 Å². The Kier molecular flexibility index (Phi) is 4.24. The van der Waals surface area contributed by atoms with Crippen LogP contribution in [0.4, 0.5) is 5.13 Å². The lowest BCUT2D eigenvalue weighted by atomic mass is 10.0. The standard InChI is InChI=1S/C20H21N5OS/c26-19-6-5-16(15-7-9-21-10-8-15)23-25(19)13-14-11-24(12-14)20-22-17-3-1-2-4-18(17)27-20/h5-10,14H,1-4,11-13H2. The normalized spacial score (nSPS) is 16.8. The number of thiazole rings is 1. The van der Waals surface area contributed by atoms with E-state index in [1.165, 1.54) is 29.8 Å². The van der Waals surface area contributed by atoms with Crippen molar-refractivity contribution in [3.63, 3.8) is 0 Å². The third kappa shape index (κ3) is 3.27. The summed E-state index contributed by atoms with van der Waals surface area (Å²) in [5.74, 6) is 0.434. The van der Waals surface area contributed by atoms with Gasteiger partial charge in [-0.2, -0.15) is 5.10 Å². The van der Waals surface area contributed by atoms with Crippen LogP contribution in [0.15, 0.2) is 41.5 Å². The van der Waals surface area contributed by atoms with Gasteiger partial charge >= 0.3 is 0 Å². The van der Waals surface area contributed by atoms with Gasteiger partial charge in [0.15, 0.2) is 5.13 Å². The van der Waals surface area contributed by atoms with Crippen molar-refractivity contribution in [2.45, 2.75) is 32.2 Å². The molecule has 0 aromatic carbocycles. The lowest BCUT2D eigenvalue weighted by Gasteiger charge is -2.39. The molecular formula is C20H21N5OS. The summed E-state index contributed by atoms with van der Waals surface area (Å²) in [5.41, 5.74) is 3.05. The van der Waals surface area contributed by atoms with Gasteiger partial charge in [-0.15, -0.1) is 11.3 Å². The minimum atomic E-state index is -0.0454. The zero-order valence-corrected chi connectivity index (χ0v) is 15.9. The summed E-state index contributed by atoms with van der Waals surface area (Å²) in [5, 5.41) is 5.72. The van der Waals surface area contributed by atoms with Gasteiger partial charge < -0.3 is 4.90 Å². The van der Waals surface area contributed by atoms with E-state index in [1.54, 1.807) is 29.2 Å². The Balaban J connectivity index is 1.27. The number of fused-ring (bicyclic) bond motifs is 1. The molecule has 0 N–H and O–H groups in total. The van der Waals surface area contributed by atoms with Crippen molar-refractivity contribution in [2.75, 3.05) is 18.0 Å². The van der Waals surface area contributed by atoms with Crippen molar-refractivity contribution in [1.82, 2.24) is 19.7 Å². The van der Waals surface area contributed by atoms with Gasteiger partial charge in [-0.3, -0.25) is 9.78 Å². The Morgan fingerprint density at radius 3 is 2.70 bits per heavy atom. The van der Waals surface area contributed by atoms with Gasteiger partial charge in [0.05, 0.1) is 17.9 Å². The molecule has 0 unspecified atom stereocenters. The first-order valence-electron chi connectivity index (χ1n) is 9.48. The van der Waals surface area contributed by atoms with E-state index in [4.69, 9.17) is 4.98 Å². The Hall–Kier alpha value is -2.54. The van der Waals surface area contributed by atoms with Crippen LogP contribution < -0.4 is 10.5 Å². The maximum absolute atomic E-state index is 12.2.